The van der Waals surface area contributed by atoms with Gasteiger partial charge in [-0.05, 0) is 39.9 Å². The lowest BCUT2D eigenvalue weighted by Gasteiger charge is -2.21. The number of rotatable bonds is 6. The normalized spacial score (nSPS) is 11.8. The summed E-state index contributed by atoms with van der Waals surface area (Å²) in [4.78, 5) is 34.2. The van der Waals surface area contributed by atoms with Gasteiger partial charge in [0.25, 0.3) is 11.8 Å². The molecule has 2 N–H and O–H groups in total. The summed E-state index contributed by atoms with van der Waals surface area (Å²) in [7, 11) is 0. The predicted molar refractivity (Wildman–Crippen MR) is 132 cm³/mol. The highest BCUT2D eigenvalue weighted by Crippen LogP contribution is 2.22. The standard InChI is InChI=1S/C28H22N4O2/c33-27(23-9-5-13-29-16-23)31-18-26(21-12-11-19-6-1-2-7-20(19)14-21)32-28(34)25-17-30-15-22-8-3-4-10-24(22)25/h1-17,26H,18H2,(H,31,33)(H,32,34). The van der Waals surface area contributed by atoms with Crippen molar-refractivity contribution in [1.82, 2.24) is 20.6 Å². The van der Waals surface area contributed by atoms with Crippen LogP contribution in [-0.2, 0) is 0 Å². The molecule has 0 aliphatic rings. The zero-order chi connectivity index (χ0) is 23.3. The molecule has 6 heteroatoms. The number of fused-ring (bicyclic) bond motifs is 2. The van der Waals surface area contributed by atoms with Crippen LogP contribution in [-0.4, -0.2) is 28.3 Å². The second kappa shape index (κ2) is 9.50. The van der Waals surface area contributed by atoms with Crippen LogP contribution in [0.5, 0.6) is 0 Å². The van der Waals surface area contributed by atoms with Gasteiger partial charge in [0.15, 0.2) is 0 Å². The topological polar surface area (TPSA) is 84.0 Å². The lowest BCUT2D eigenvalue weighted by atomic mass is 10.0. The van der Waals surface area contributed by atoms with E-state index in [9.17, 15) is 9.59 Å². The van der Waals surface area contributed by atoms with Gasteiger partial charge in [0.1, 0.15) is 0 Å². The Hall–Kier alpha value is -4.58. The Balaban J connectivity index is 1.45. The quantitative estimate of drug-likeness (QED) is 0.397. The Morgan fingerprint density at radius 3 is 2.35 bits per heavy atom. The summed E-state index contributed by atoms with van der Waals surface area (Å²) in [5.41, 5.74) is 1.85. The fraction of sp³-hybridized carbons (Fsp3) is 0.0714. The molecular formula is C28H22N4O2. The van der Waals surface area contributed by atoms with Gasteiger partial charge in [-0.25, -0.2) is 0 Å². The van der Waals surface area contributed by atoms with Crippen LogP contribution in [0.3, 0.4) is 0 Å². The lowest BCUT2D eigenvalue weighted by molar-refractivity contribution is 0.0909. The Bertz CT molecular complexity index is 1480. The largest absolute Gasteiger partial charge is 0.350 e. The lowest BCUT2D eigenvalue weighted by Crippen LogP contribution is -2.38. The minimum Gasteiger partial charge on any atom is -0.350 e. The first-order valence-corrected chi connectivity index (χ1v) is 11.0. The van der Waals surface area contributed by atoms with Crippen molar-refractivity contribution in [3.05, 3.63) is 120 Å². The highest BCUT2D eigenvalue weighted by molar-refractivity contribution is 6.06. The number of amides is 2. The number of nitrogens with zero attached hydrogens (tertiary/aromatic N) is 2. The summed E-state index contributed by atoms with van der Waals surface area (Å²) in [6.45, 7) is 0.218. The van der Waals surface area contributed by atoms with Gasteiger partial charge in [0, 0.05) is 36.7 Å². The first-order chi connectivity index (χ1) is 16.7. The molecule has 0 saturated heterocycles. The first kappa shape index (κ1) is 21.3. The number of benzene rings is 3. The van der Waals surface area contributed by atoms with Gasteiger partial charge >= 0.3 is 0 Å². The third-order valence-corrected chi connectivity index (χ3v) is 5.78. The van der Waals surface area contributed by atoms with Gasteiger partial charge in [-0.1, -0.05) is 60.7 Å². The van der Waals surface area contributed by atoms with Gasteiger partial charge in [0.05, 0.1) is 17.2 Å². The van der Waals surface area contributed by atoms with Gasteiger partial charge < -0.3 is 10.6 Å². The van der Waals surface area contributed by atoms with Crippen molar-refractivity contribution >= 4 is 33.4 Å². The Labute approximate surface area is 196 Å². The third-order valence-electron chi connectivity index (χ3n) is 5.78. The smallest absolute Gasteiger partial charge is 0.254 e. The van der Waals surface area contributed by atoms with E-state index in [1.807, 2.05) is 66.7 Å². The summed E-state index contributed by atoms with van der Waals surface area (Å²) in [5, 5.41) is 9.92. The molecule has 166 valence electrons. The molecule has 0 bridgehead atoms. The molecule has 6 nitrogen and oxygen atoms in total. The van der Waals surface area contributed by atoms with E-state index >= 15 is 0 Å². The van der Waals surface area contributed by atoms with Gasteiger partial charge in [0.2, 0.25) is 0 Å². The van der Waals surface area contributed by atoms with Crippen LogP contribution < -0.4 is 10.6 Å². The molecule has 0 radical (unpaired) electrons. The SMILES string of the molecule is O=C(NCC(NC(=O)c1cncc2ccccc12)c1ccc2ccccc2c1)c1cccnc1. The highest BCUT2D eigenvalue weighted by Gasteiger charge is 2.19. The van der Waals surface area contributed by atoms with Crippen molar-refractivity contribution in [2.75, 3.05) is 6.54 Å². The molecule has 34 heavy (non-hydrogen) atoms. The highest BCUT2D eigenvalue weighted by atomic mass is 16.2. The molecule has 0 saturated carbocycles. The zero-order valence-electron chi connectivity index (χ0n) is 18.3. The zero-order valence-corrected chi connectivity index (χ0v) is 18.3. The minimum atomic E-state index is -0.448. The van der Waals surface area contributed by atoms with Gasteiger partial charge in [-0.15, -0.1) is 0 Å². The van der Waals surface area contributed by atoms with Crippen molar-refractivity contribution in [2.24, 2.45) is 0 Å². The van der Waals surface area contributed by atoms with Crippen molar-refractivity contribution in [3.63, 3.8) is 0 Å². The number of hydrogen-bond donors (Lipinski definition) is 2. The summed E-state index contributed by atoms with van der Waals surface area (Å²) in [6, 6.07) is 24.7. The Morgan fingerprint density at radius 1 is 0.735 bits per heavy atom. The Morgan fingerprint density at radius 2 is 1.53 bits per heavy atom. The van der Waals surface area contributed by atoms with Crippen LogP contribution in [0.1, 0.15) is 32.3 Å². The molecular weight excluding hydrogens is 424 g/mol. The van der Waals surface area contributed by atoms with E-state index in [0.29, 0.717) is 11.1 Å². The second-order valence-electron chi connectivity index (χ2n) is 7.99. The summed E-state index contributed by atoms with van der Waals surface area (Å²) >= 11 is 0. The molecule has 2 amide bonds. The summed E-state index contributed by atoms with van der Waals surface area (Å²) < 4.78 is 0. The molecule has 3 aromatic carbocycles. The van der Waals surface area contributed by atoms with Gasteiger partial charge in [-0.2, -0.15) is 0 Å². The van der Waals surface area contributed by atoms with E-state index in [1.54, 1.807) is 30.7 Å². The van der Waals surface area contributed by atoms with Crippen molar-refractivity contribution in [2.45, 2.75) is 6.04 Å². The third kappa shape index (κ3) is 4.47. The van der Waals surface area contributed by atoms with E-state index < -0.39 is 6.04 Å². The van der Waals surface area contributed by atoms with Crippen molar-refractivity contribution < 1.29 is 9.59 Å². The fourth-order valence-corrected chi connectivity index (χ4v) is 4.00. The van der Waals surface area contributed by atoms with E-state index in [4.69, 9.17) is 0 Å². The molecule has 1 unspecified atom stereocenters. The minimum absolute atomic E-state index is 0.218. The number of pyridine rings is 2. The molecule has 2 heterocycles. The number of carbonyl (C=O) groups is 2. The Kier molecular flexibility index (Phi) is 5.95. The average molecular weight is 447 g/mol. The van der Waals surface area contributed by atoms with E-state index in [2.05, 4.69) is 20.6 Å². The summed E-state index contributed by atoms with van der Waals surface area (Å²) in [5.74, 6) is -0.502. The van der Waals surface area contributed by atoms with Crippen molar-refractivity contribution in [3.8, 4) is 0 Å². The molecule has 0 aliphatic heterocycles. The fourth-order valence-electron chi connectivity index (χ4n) is 4.00. The first-order valence-electron chi connectivity index (χ1n) is 11.0. The van der Waals surface area contributed by atoms with E-state index in [0.717, 1.165) is 27.1 Å². The molecule has 0 spiro atoms. The predicted octanol–water partition coefficient (Wildman–Crippen LogP) is 4.68. The number of hydrogen-bond acceptors (Lipinski definition) is 4. The number of carbonyl (C=O) groups excluding carboxylic acids is 2. The van der Waals surface area contributed by atoms with E-state index in [1.165, 1.54) is 6.20 Å². The van der Waals surface area contributed by atoms with Crippen LogP contribution in [0.4, 0.5) is 0 Å². The molecule has 5 aromatic rings. The van der Waals surface area contributed by atoms with Crippen LogP contribution >= 0.6 is 0 Å². The van der Waals surface area contributed by atoms with E-state index in [-0.39, 0.29) is 18.4 Å². The molecule has 0 fully saturated rings. The van der Waals surface area contributed by atoms with Crippen LogP contribution in [0.2, 0.25) is 0 Å². The second-order valence-corrected chi connectivity index (χ2v) is 7.99. The molecule has 2 aromatic heterocycles. The molecule has 1 atom stereocenters. The monoisotopic (exact) mass is 446 g/mol. The maximum Gasteiger partial charge on any atom is 0.254 e. The number of nitrogens with one attached hydrogen (secondary N) is 2. The molecule has 5 rings (SSSR count). The van der Waals surface area contributed by atoms with Gasteiger partial charge in [-0.3, -0.25) is 19.6 Å². The average Bonchev–Trinajstić information content (AvgIpc) is 2.90. The molecule has 0 aliphatic carbocycles. The van der Waals surface area contributed by atoms with Crippen LogP contribution in [0.25, 0.3) is 21.5 Å². The van der Waals surface area contributed by atoms with Crippen LogP contribution in [0, 0.1) is 0 Å². The number of aromatic nitrogens is 2. The maximum absolute atomic E-state index is 13.3. The maximum atomic E-state index is 13.3. The summed E-state index contributed by atoms with van der Waals surface area (Å²) in [6.07, 6.45) is 6.44. The van der Waals surface area contributed by atoms with Crippen molar-refractivity contribution in [1.29, 1.82) is 0 Å². The van der Waals surface area contributed by atoms with Crippen LogP contribution in [0.15, 0.2) is 104 Å².